The molecule has 12 heteroatoms. The number of nitrogens with zero attached hydrogens (tertiary/aromatic N) is 4. The van der Waals surface area contributed by atoms with Crippen LogP contribution in [0.4, 0.5) is 4.79 Å². The fourth-order valence-electron chi connectivity index (χ4n) is 5.85. The van der Waals surface area contributed by atoms with Crippen molar-refractivity contribution in [2.75, 3.05) is 13.2 Å². The van der Waals surface area contributed by atoms with Gasteiger partial charge in [-0.25, -0.2) is 24.7 Å². The largest absolute Gasteiger partial charge is 0.490 e. The summed E-state index contributed by atoms with van der Waals surface area (Å²) >= 11 is 12.8. The summed E-state index contributed by atoms with van der Waals surface area (Å²) in [6.07, 6.45) is 4.23. The van der Waals surface area contributed by atoms with E-state index in [9.17, 15) is 4.79 Å². The number of hydrogen-bond donors (Lipinski definition) is 2. The first kappa shape index (κ1) is 43.4. The van der Waals surface area contributed by atoms with Gasteiger partial charge in [0.1, 0.15) is 43.0 Å². The van der Waals surface area contributed by atoms with Gasteiger partial charge >= 0.3 is 6.09 Å². The first-order valence-electron chi connectivity index (χ1n) is 17.9. The van der Waals surface area contributed by atoms with Crippen molar-refractivity contribution in [3.8, 4) is 34.0 Å². The van der Waals surface area contributed by atoms with Gasteiger partial charge in [0.2, 0.25) is 0 Å². The van der Waals surface area contributed by atoms with Crippen LogP contribution in [0.3, 0.4) is 0 Å². The Morgan fingerprint density at radius 3 is 1.57 bits per heavy atom. The lowest BCUT2D eigenvalue weighted by atomic mass is 9.91. The maximum Gasteiger partial charge on any atom is 0.408 e. The van der Waals surface area contributed by atoms with Crippen LogP contribution in [0, 0.1) is 25.7 Å². The molecule has 288 valence electrons. The number of aryl methyl sites for hydroxylation is 2. The molecule has 0 unspecified atom stereocenters. The average molecular weight is 768 g/mol. The van der Waals surface area contributed by atoms with Gasteiger partial charge in [0, 0.05) is 28.1 Å². The number of nitrogens with one attached hydrogen (secondary N) is 1. The molecule has 0 bridgehead atoms. The fourth-order valence-corrected chi connectivity index (χ4v) is 6.32. The summed E-state index contributed by atoms with van der Waals surface area (Å²) in [6, 6.07) is 15.0. The van der Waals surface area contributed by atoms with Gasteiger partial charge in [0.15, 0.2) is 0 Å². The molecule has 10 nitrogen and oxygen atoms in total. The number of ether oxygens (including phenoxy) is 3. The van der Waals surface area contributed by atoms with Gasteiger partial charge in [-0.15, -0.1) is 0 Å². The molecule has 53 heavy (non-hydrogen) atoms. The number of carbonyl (C=O) groups is 1. The third-order valence-corrected chi connectivity index (χ3v) is 8.29. The van der Waals surface area contributed by atoms with Crippen LogP contribution in [0.2, 0.25) is 10.0 Å². The van der Waals surface area contributed by atoms with Crippen LogP contribution in [0.1, 0.15) is 86.5 Å². The van der Waals surface area contributed by atoms with Gasteiger partial charge < -0.3 is 25.3 Å². The van der Waals surface area contributed by atoms with Crippen LogP contribution in [-0.4, -0.2) is 55.9 Å². The van der Waals surface area contributed by atoms with Gasteiger partial charge in [-0.3, -0.25) is 0 Å². The van der Waals surface area contributed by atoms with Crippen LogP contribution in [0.15, 0.2) is 61.2 Å². The highest BCUT2D eigenvalue weighted by molar-refractivity contribution is 6.32. The van der Waals surface area contributed by atoms with Crippen LogP contribution in [0.25, 0.3) is 22.5 Å². The Balaban J connectivity index is 0.000000295. The van der Waals surface area contributed by atoms with Gasteiger partial charge in [0.05, 0.1) is 27.0 Å². The number of aromatic nitrogens is 4. The maximum atomic E-state index is 12.3. The quantitative estimate of drug-likeness (QED) is 0.136. The van der Waals surface area contributed by atoms with Crippen molar-refractivity contribution in [2.24, 2.45) is 17.6 Å². The summed E-state index contributed by atoms with van der Waals surface area (Å²) in [7, 11) is 0. The monoisotopic (exact) mass is 766 g/mol. The molecule has 0 aliphatic carbocycles. The van der Waals surface area contributed by atoms with E-state index in [2.05, 4.69) is 52.9 Å². The summed E-state index contributed by atoms with van der Waals surface area (Å²) in [4.78, 5) is 29.1. The summed E-state index contributed by atoms with van der Waals surface area (Å²) in [5.41, 5.74) is 9.98. The van der Waals surface area contributed by atoms with Gasteiger partial charge in [-0.2, -0.15) is 0 Å². The van der Waals surface area contributed by atoms with Crippen molar-refractivity contribution in [3.05, 3.63) is 82.6 Å². The SMILES string of the molecule is Cc1cc(-c2ccc(OC[C@@](C)(N)CC(C)C)c(Cl)c2)ncn1.Cc1cc(-c2ccc(OC[C@](C)(CC(C)C)NC(=O)OC(C)(C)C)c(Cl)c2)ncn1. The average Bonchev–Trinajstić information content (AvgIpc) is 3.02. The Labute approximate surface area is 325 Å². The van der Waals surface area contributed by atoms with E-state index in [1.54, 1.807) is 6.33 Å². The van der Waals surface area contributed by atoms with Crippen molar-refractivity contribution in [2.45, 2.75) is 106 Å². The van der Waals surface area contributed by atoms with E-state index < -0.39 is 17.2 Å². The molecule has 0 saturated carbocycles. The molecule has 0 radical (unpaired) electrons. The Hall–Kier alpha value is -3.99. The Kier molecular flexibility index (Phi) is 15.4. The molecule has 4 aromatic rings. The second kappa shape index (κ2) is 18.9. The summed E-state index contributed by atoms with van der Waals surface area (Å²) < 4.78 is 17.3. The third-order valence-electron chi connectivity index (χ3n) is 7.70. The molecule has 2 heterocycles. The summed E-state index contributed by atoms with van der Waals surface area (Å²) in [6.45, 7) is 22.5. The molecule has 0 spiro atoms. The minimum atomic E-state index is -0.609. The molecule has 2 aromatic carbocycles. The lowest BCUT2D eigenvalue weighted by Gasteiger charge is -2.33. The standard InChI is InChI=1S/C23H32ClN3O3.C18H24ClN3O/c1-15(2)12-23(7,27-21(28)30-22(4,5)6)13-29-20-9-8-17(11-18(20)24)19-10-16(3)25-14-26-19;1-12(2)9-18(4,20)10-23-17-6-5-14(8-15(17)19)16-7-13(3)21-11-22-16/h8-11,14-15H,12-13H2,1-7H3,(H,27,28);5-8,11-12H,9-10,20H2,1-4H3/t23-;18-/m00/s1. The zero-order chi connectivity index (χ0) is 39.6. The number of nitrogens with two attached hydrogens (primary N) is 1. The predicted molar refractivity (Wildman–Crippen MR) is 215 cm³/mol. The number of halogens is 2. The number of alkyl carbamates (subject to hydrolysis) is 1. The zero-order valence-electron chi connectivity index (χ0n) is 33.0. The van der Waals surface area contributed by atoms with Crippen LogP contribution in [-0.2, 0) is 4.74 Å². The first-order chi connectivity index (χ1) is 24.6. The van der Waals surface area contributed by atoms with Crippen molar-refractivity contribution in [3.63, 3.8) is 0 Å². The molecule has 1 amide bonds. The number of rotatable bonds is 13. The molecule has 2 aromatic heterocycles. The lowest BCUT2D eigenvalue weighted by Crippen LogP contribution is -2.52. The maximum absolute atomic E-state index is 12.3. The van der Waals surface area contributed by atoms with Crippen molar-refractivity contribution < 1.29 is 19.0 Å². The smallest absolute Gasteiger partial charge is 0.408 e. The van der Waals surface area contributed by atoms with E-state index >= 15 is 0 Å². The number of amides is 1. The van der Waals surface area contributed by atoms with Crippen LogP contribution in [0.5, 0.6) is 11.5 Å². The zero-order valence-corrected chi connectivity index (χ0v) is 34.5. The van der Waals surface area contributed by atoms with Crippen molar-refractivity contribution in [1.82, 2.24) is 25.3 Å². The molecule has 0 aliphatic heterocycles. The van der Waals surface area contributed by atoms with Gasteiger partial charge in [-0.1, -0.05) is 50.9 Å². The van der Waals surface area contributed by atoms with E-state index in [1.807, 2.05) is 97.0 Å². The highest BCUT2D eigenvalue weighted by Gasteiger charge is 2.31. The number of benzene rings is 2. The summed E-state index contributed by atoms with van der Waals surface area (Å²) in [5.74, 6) is 2.06. The first-order valence-corrected chi connectivity index (χ1v) is 18.6. The van der Waals surface area contributed by atoms with Gasteiger partial charge in [0.25, 0.3) is 0 Å². The molecule has 0 fully saturated rings. The molecular formula is C41H56Cl2N6O4. The van der Waals surface area contributed by atoms with E-state index in [-0.39, 0.29) is 12.1 Å². The normalized spacial score (nSPS) is 13.7. The van der Waals surface area contributed by atoms with Crippen molar-refractivity contribution >= 4 is 29.3 Å². The molecular weight excluding hydrogens is 711 g/mol. The molecule has 2 atom stereocenters. The minimum absolute atomic E-state index is 0.260. The molecule has 0 saturated heterocycles. The van der Waals surface area contributed by atoms with Gasteiger partial charge in [-0.05, 0) is 122 Å². The Morgan fingerprint density at radius 1 is 0.717 bits per heavy atom. The minimum Gasteiger partial charge on any atom is -0.490 e. The Bertz CT molecular complexity index is 1810. The predicted octanol–water partition coefficient (Wildman–Crippen LogP) is 10.1. The number of carbonyl (C=O) groups excluding carboxylic acids is 1. The highest BCUT2D eigenvalue weighted by atomic mass is 35.5. The van der Waals surface area contributed by atoms with E-state index in [0.717, 1.165) is 46.7 Å². The lowest BCUT2D eigenvalue weighted by molar-refractivity contribution is 0.0408. The van der Waals surface area contributed by atoms with E-state index in [1.165, 1.54) is 6.33 Å². The summed E-state index contributed by atoms with van der Waals surface area (Å²) in [5, 5.41) is 4.00. The third kappa shape index (κ3) is 15.1. The van der Waals surface area contributed by atoms with E-state index in [0.29, 0.717) is 40.0 Å². The second-order valence-electron chi connectivity index (χ2n) is 16.0. The molecule has 0 aliphatic rings. The highest BCUT2D eigenvalue weighted by Crippen LogP contribution is 2.32. The fraction of sp³-hybridized carbons (Fsp3) is 0.488. The number of hydrogen-bond acceptors (Lipinski definition) is 9. The van der Waals surface area contributed by atoms with Crippen LogP contribution < -0.4 is 20.5 Å². The second-order valence-corrected chi connectivity index (χ2v) is 16.8. The Morgan fingerprint density at radius 2 is 1.17 bits per heavy atom. The molecule has 4 rings (SSSR count). The topological polar surface area (TPSA) is 134 Å². The van der Waals surface area contributed by atoms with Crippen LogP contribution >= 0.6 is 23.2 Å². The van der Waals surface area contributed by atoms with E-state index in [4.69, 9.17) is 43.1 Å². The van der Waals surface area contributed by atoms with Crippen molar-refractivity contribution in [1.29, 1.82) is 0 Å². The molecule has 3 N–H and O–H groups in total.